The van der Waals surface area contributed by atoms with E-state index in [1.54, 1.807) is 4.90 Å². The summed E-state index contributed by atoms with van der Waals surface area (Å²) < 4.78 is 0. The van der Waals surface area contributed by atoms with Crippen molar-refractivity contribution in [2.75, 3.05) is 19.6 Å². The first-order valence-electron chi connectivity index (χ1n) is 7.71. The van der Waals surface area contributed by atoms with Crippen LogP contribution in [-0.2, 0) is 4.79 Å². The quantitative estimate of drug-likeness (QED) is 0.864. The summed E-state index contributed by atoms with van der Waals surface area (Å²) in [4.78, 5) is 27.9. The number of aliphatic carboxylic acids is 1. The highest BCUT2D eigenvalue weighted by molar-refractivity contribution is 5.80. The van der Waals surface area contributed by atoms with E-state index in [0.717, 1.165) is 25.8 Å². The summed E-state index contributed by atoms with van der Waals surface area (Å²) in [6.45, 7) is 7.72. The summed E-state index contributed by atoms with van der Waals surface area (Å²) >= 11 is 0. The van der Waals surface area contributed by atoms with Gasteiger partial charge in [0.25, 0.3) is 0 Å². The van der Waals surface area contributed by atoms with Crippen molar-refractivity contribution in [3.05, 3.63) is 0 Å². The number of likely N-dealkylation sites (tertiary alicyclic amines) is 2. The largest absolute Gasteiger partial charge is 0.481 e. The van der Waals surface area contributed by atoms with Gasteiger partial charge in [-0.3, -0.25) is 4.79 Å². The van der Waals surface area contributed by atoms with Crippen LogP contribution in [0.5, 0.6) is 0 Å². The predicted molar refractivity (Wildman–Crippen MR) is 76.5 cm³/mol. The molecule has 0 aliphatic carbocycles. The van der Waals surface area contributed by atoms with Crippen LogP contribution in [0.2, 0.25) is 0 Å². The summed E-state index contributed by atoms with van der Waals surface area (Å²) in [5, 5.41) is 9.55. The normalized spacial score (nSPS) is 30.3. The van der Waals surface area contributed by atoms with Crippen LogP contribution in [0, 0.1) is 11.3 Å². The van der Waals surface area contributed by atoms with E-state index in [-0.39, 0.29) is 11.9 Å². The molecule has 5 heteroatoms. The molecule has 20 heavy (non-hydrogen) atoms. The maximum absolute atomic E-state index is 12.6. The Morgan fingerprint density at radius 2 is 2.05 bits per heavy atom. The molecule has 0 bridgehead atoms. The Labute approximate surface area is 120 Å². The third-order valence-electron chi connectivity index (χ3n) is 5.20. The second kappa shape index (κ2) is 5.62. The topological polar surface area (TPSA) is 60.9 Å². The Bertz CT molecular complexity index is 397. The van der Waals surface area contributed by atoms with Gasteiger partial charge in [0.2, 0.25) is 0 Å². The van der Waals surface area contributed by atoms with E-state index in [1.807, 2.05) is 18.7 Å². The van der Waals surface area contributed by atoms with E-state index < -0.39 is 11.4 Å². The number of hydrogen-bond donors (Lipinski definition) is 1. The third-order valence-corrected chi connectivity index (χ3v) is 5.20. The standard InChI is InChI=1S/C15H26N2O3/c1-4-12-6-5-8-17(12)14(20)16-9-7-15(10-16,11(2)3)13(18)19/h11-12H,4-10H2,1-3H3,(H,18,19). The fraction of sp³-hybridized carbons (Fsp3) is 0.867. The molecule has 1 N–H and O–H groups in total. The molecule has 0 radical (unpaired) electrons. The van der Waals surface area contributed by atoms with Crippen LogP contribution in [0.3, 0.4) is 0 Å². The number of nitrogens with zero attached hydrogens (tertiary/aromatic N) is 2. The van der Waals surface area contributed by atoms with Crippen molar-refractivity contribution in [3.63, 3.8) is 0 Å². The molecule has 2 unspecified atom stereocenters. The molecule has 0 aromatic heterocycles. The minimum atomic E-state index is -0.767. The summed E-state index contributed by atoms with van der Waals surface area (Å²) in [5.41, 5.74) is -0.767. The van der Waals surface area contributed by atoms with Gasteiger partial charge in [-0.25, -0.2) is 4.79 Å². The van der Waals surface area contributed by atoms with Crippen LogP contribution in [0.4, 0.5) is 4.79 Å². The number of amides is 2. The van der Waals surface area contributed by atoms with Crippen molar-refractivity contribution in [2.24, 2.45) is 11.3 Å². The molecule has 0 spiro atoms. The van der Waals surface area contributed by atoms with Gasteiger partial charge >= 0.3 is 12.0 Å². The van der Waals surface area contributed by atoms with Crippen molar-refractivity contribution in [3.8, 4) is 0 Å². The van der Waals surface area contributed by atoms with Gasteiger partial charge < -0.3 is 14.9 Å². The Kier molecular flexibility index (Phi) is 4.25. The molecule has 0 aromatic rings. The molecule has 2 aliphatic rings. The minimum absolute atomic E-state index is 0.0399. The van der Waals surface area contributed by atoms with Gasteiger partial charge in [-0.15, -0.1) is 0 Å². The number of hydrogen-bond acceptors (Lipinski definition) is 2. The van der Waals surface area contributed by atoms with Gasteiger partial charge in [-0.05, 0) is 31.6 Å². The summed E-state index contributed by atoms with van der Waals surface area (Å²) in [5.74, 6) is -0.727. The molecule has 2 amide bonds. The molecule has 2 rings (SSSR count). The first-order valence-corrected chi connectivity index (χ1v) is 7.71. The lowest BCUT2D eigenvalue weighted by Gasteiger charge is -2.32. The highest BCUT2D eigenvalue weighted by atomic mass is 16.4. The number of carboxylic acids is 1. The molecular formula is C15H26N2O3. The molecule has 5 nitrogen and oxygen atoms in total. The smallest absolute Gasteiger partial charge is 0.320 e. The van der Waals surface area contributed by atoms with Crippen LogP contribution >= 0.6 is 0 Å². The first kappa shape index (κ1) is 15.1. The van der Waals surface area contributed by atoms with E-state index in [4.69, 9.17) is 0 Å². The van der Waals surface area contributed by atoms with E-state index in [1.165, 1.54) is 0 Å². The van der Waals surface area contributed by atoms with Gasteiger partial charge in [0.05, 0.1) is 5.41 Å². The fourth-order valence-corrected chi connectivity index (χ4v) is 3.58. The predicted octanol–water partition coefficient (Wildman–Crippen LogP) is 2.41. The van der Waals surface area contributed by atoms with Crippen LogP contribution in [-0.4, -0.2) is 52.6 Å². The van der Waals surface area contributed by atoms with E-state index in [0.29, 0.717) is 25.6 Å². The molecule has 2 aliphatic heterocycles. The zero-order valence-electron chi connectivity index (χ0n) is 12.8. The lowest BCUT2D eigenvalue weighted by molar-refractivity contribution is -0.150. The van der Waals surface area contributed by atoms with Gasteiger partial charge in [0, 0.05) is 25.7 Å². The minimum Gasteiger partial charge on any atom is -0.481 e. The lowest BCUT2D eigenvalue weighted by atomic mass is 9.76. The Morgan fingerprint density at radius 1 is 1.35 bits per heavy atom. The average molecular weight is 282 g/mol. The lowest BCUT2D eigenvalue weighted by Crippen LogP contribution is -2.47. The highest BCUT2D eigenvalue weighted by Crippen LogP contribution is 2.39. The van der Waals surface area contributed by atoms with Gasteiger partial charge in [-0.1, -0.05) is 20.8 Å². The summed E-state index contributed by atoms with van der Waals surface area (Å²) in [6.07, 6.45) is 3.68. The highest BCUT2D eigenvalue weighted by Gasteiger charge is 2.49. The second-order valence-corrected chi connectivity index (χ2v) is 6.47. The zero-order chi connectivity index (χ0) is 14.9. The Hall–Kier alpha value is -1.26. The average Bonchev–Trinajstić information content (AvgIpc) is 3.05. The van der Waals surface area contributed by atoms with Crippen molar-refractivity contribution in [1.29, 1.82) is 0 Å². The SMILES string of the molecule is CCC1CCCN1C(=O)N1CCC(C(=O)O)(C(C)C)C1. The Morgan fingerprint density at radius 3 is 2.55 bits per heavy atom. The fourth-order valence-electron chi connectivity index (χ4n) is 3.58. The van der Waals surface area contributed by atoms with Crippen LogP contribution < -0.4 is 0 Å². The monoisotopic (exact) mass is 282 g/mol. The Balaban J connectivity index is 2.08. The van der Waals surface area contributed by atoms with Gasteiger partial charge in [-0.2, -0.15) is 0 Å². The van der Waals surface area contributed by atoms with E-state index in [2.05, 4.69) is 6.92 Å². The molecule has 0 aromatic carbocycles. The third kappa shape index (κ3) is 2.38. The zero-order valence-corrected chi connectivity index (χ0v) is 12.8. The van der Waals surface area contributed by atoms with Crippen LogP contribution in [0.15, 0.2) is 0 Å². The number of carboxylic acid groups (broad SMARTS) is 1. The number of urea groups is 1. The number of rotatable bonds is 3. The van der Waals surface area contributed by atoms with Crippen LogP contribution in [0.1, 0.15) is 46.5 Å². The molecule has 2 atom stereocenters. The first-order chi connectivity index (χ1) is 9.42. The van der Waals surface area contributed by atoms with Crippen molar-refractivity contribution < 1.29 is 14.7 Å². The van der Waals surface area contributed by atoms with E-state index in [9.17, 15) is 14.7 Å². The maximum atomic E-state index is 12.6. The summed E-state index contributed by atoms with van der Waals surface area (Å²) in [7, 11) is 0. The summed E-state index contributed by atoms with van der Waals surface area (Å²) in [6, 6.07) is 0.375. The van der Waals surface area contributed by atoms with Crippen molar-refractivity contribution in [1.82, 2.24) is 9.80 Å². The molecular weight excluding hydrogens is 256 g/mol. The van der Waals surface area contributed by atoms with Crippen molar-refractivity contribution in [2.45, 2.75) is 52.5 Å². The van der Waals surface area contributed by atoms with E-state index >= 15 is 0 Å². The second-order valence-electron chi connectivity index (χ2n) is 6.47. The van der Waals surface area contributed by atoms with Crippen LogP contribution in [0.25, 0.3) is 0 Å². The molecule has 2 heterocycles. The molecule has 114 valence electrons. The number of carbonyl (C=O) groups is 2. The molecule has 2 saturated heterocycles. The van der Waals surface area contributed by atoms with Gasteiger partial charge in [0.1, 0.15) is 0 Å². The van der Waals surface area contributed by atoms with Gasteiger partial charge in [0.15, 0.2) is 0 Å². The molecule has 2 fully saturated rings. The maximum Gasteiger partial charge on any atom is 0.320 e. The number of carbonyl (C=O) groups excluding carboxylic acids is 1. The van der Waals surface area contributed by atoms with Crippen molar-refractivity contribution >= 4 is 12.0 Å². The molecule has 0 saturated carbocycles.